The molecule has 4 bridgehead atoms. The van der Waals surface area contributed by atoms with Gasteiger partial charge in [0, 0.05) is 30.3 Å². The first-order valence-electron chi connectivity index (χ1n) is 18.0. The first-order chi connectivity index (χ1) is 24.0. The van der Waals surface area contributed by atoms with Crippen molar-refractivity contribution in [3.8, 4) is 12.1 Å². The molecule has 0 unspecified atom stereocenters. The number of amides is 2. The van der Waals surface area contributed by atoms with Crippen LogP contribution in [0.2, 0.25) is 0 Å². The van der Waals surface area contributed by atoms with Gasteiger partial charge in [0.25, 0.3) is 11.8 Å². The van der Waals surface area contributed by atoms with Gasteiger partial charge in [-0.25, -0.2) is 17.6 Å². The molecule has 2 N–H and O–H groups in total. The van der Waals surface area contributed by atoms with E-state index in [2.05, 4.69) is 10.6 Å². The molecule has 0 aromatic heterocycles. The lowest BCUT2D eigenvalue weighted by atomic mass is 9.57. The van der Waals surface area contributed by atoms with Gasteiger partial charge >= 0.3 is 11.9 Å². The molecular formula is C35H46F4N6O6. The van der Waals surface area contributed by atoms with Gasteiger partial charge in [0.05, 0.1) is 62.4 Å². The lowest BCUT2D eigenvalue weighted by molar-refractivity contribution is -0.166. The smallest absolute Gasteiger partial charge is 0.312 e. The molecule has 280 valence electrons. The molecule has 0 aromatic rings. The zero-order chi connectivity index (χ0) is 36.7. The summed E-state index contributed by atoms with van der Waals surface area (Å²) >= 11 is 0. The molecule has 6 saturated carbocycles. The summed E-state index contributed by atoms with van der Waals surface area (Å²) in [7, 11) is 0. The van der Waals surface area contributed by atoms with Crippen LogP contribution in [0.3, 0.4) is 0 Å². The topological polar surface area (TPSA) is 165 Å². The normalized spacial score (nSPS) is 36.5. The van der Waals surface area contributed by atoms with Crippen LogP contribution in [0.25, 0.3) is 0 Å². The fourth-order valence-corrected chi connectivity index (χ4v) is 9.45. The highest BCUT2D eigenvalue weighted by atomic mass is 19.3. The molecular weight excluding hydrogens is 676 g/mol. The van der Waals surface area contributed by atoms with E-state index in [9.17, 15) is 47.3 Å². The zero-order valence-corrected chi connectivity index (χ0v) is 28.8. The second-order valence-electron chi connectivity index (χ2n) is 16.1. The van der Waals surface area contributed by atoms with Crippen LogP contribution in [0.1, 0.15) is 96.3 Å². The van der Waals surface area contributed by atoms with Gasteiger partial charge in [-0.1, -0.05) is 0 Å². The van der Waals surface area contributed by atoms with Gasteiger partial charge in [0.15, 0.2) is 0 Å². The van der Waals surface area contributed by atoms with Gasteiger partial charge in [-0.05, 0) is 77.0 Å². The number of ether oxygens (including phenoxy) is 2. The molecule has 16 heteroatoms. The van der Waals surface area contributed by atoms with Crippen LogP contribution in [0.5, 0.6) is 0 Å². The molecule has 2 heterocycles. The van der Waals surface area contributed by atoms with Crippen molar-refractivity contribution in [2.24, 2.45) is 10.8 Å². The van der Waals surface area contributed by atoms with E-state index in [-0.39, 0.29) is 38.2 Å². The fourth-order valence-electron chi connectivity index (χ4n) is 9.45. The highest BCUT2D eigenvalue weighted by Gasteiger charge is 2.56. The number of halogens is 4. The van der Waals surface area contributed by atoms with E-state index in [1.54, 1.807) is 0 Å². The maximum Gasteiger partial charge on any atom is 0.312 e. The Morgan fingerprint density at radius 1 is 0.608 bits per heavy atom. The lowest BCUT2D eigenvalue weighted by Gasteiger charge is -2.52. The molecule has 0 aromatic carbocycles. The second-order valence-corrected chi connectivity index (χ2v) is 16.1. The molecule has 2 aliphatic heterocycles. The molecule has 2 saturated heterocycles. The van der Waals surface area contributed by atoms with Crippen molar-refractivity contribution in [3.05, 3.63) is 0 Å². The Balaban J connectivity index is 0.874. The van der Waals surface area contributed by atoms with Gasteiger partial charge in [-0.3, -0.25) is 29.0 Å². The van der Waals surface area contributed by atoms with Crippen LogP contribution in [-0.4, -0.2) is 108 Å². The minimum atomic E-state index is -2.99. The van der Waals surface area contributed by atoms with E-state index in [4.69, 9.17) is 9.47 Å². The molecule has 12 nitrogen and oxygen atoms in total. The Morgan fingerprint density at radius 2 is 0.941 bits per heavy atom. The Hall–Kier alpha value is -3.50. The number of alkyl halides is 4. The zero-order valence-electron chi connectivity index (χ0n) is 28.8. The molecule has 8 fully saturated rings. The summed E-state index contributed by atoms with van der Waals surface area (Å²) in [5, 5.41) is 24.5. The number of nitrogens with zero attached hydrogens (tertiary/aromatic N) is 4. The summed E-state index contributed by atoms with van der Waals surface area (Å²) in [4.78, 5) is 54.3. The number of rotatable bonds is 12. The van der Waals surface area contributed by atoms with Gasteiger partial charge in [-0.2, -0.15) is 10.5 Å². The maximum atomic E-state index is 13.8. The molecule has 0 radical (unpaired) electrons. The number of carbonyl (C=O) groups is 4. The monoisotopic (exact) mass is 722 g/mol. The Kier molecular flexibility index (Phi) is 10.1. The number of likely N-dealkylation sites (tertiary alicyclic amines) is 2. The van der Waals surface area contributed by atoms with Crippen molar-refractivity contribution >= 4 is 23.8 Å². The van der Waals surface area contributed by atoms with E-state index in [1.807, 2.05) is 12.1 Å². The SMILES string of the molecule is N#C[C@@H]1CC(F)(F)CN1CC(=O)NC12CCC(C(=O)OCCCOC(=O)C34CCC(NC(=O)CN5CC(F)(F)C[C@H]5C#N)(CC3)CC4)(CC1)CC2. The van der Waals surface area contributed by atoms with Crippen molar-refractivity contribution < 1.29 is 46.2 Å². The van der Waals surface area contributed by atoms with E-state index in [0.29, 0.717) is 83.5 Å². The van der Waals surface area contributed by atoms with E-state index in [0.717, 1.165) is 0 Å². The fraction of sp³-hybridized carbons (Fsp3) is 0.829. The van der Waals surface area contributed by atoms with Crippen LogP contribution in [0.15, 0.2) is 0 Å². The molecule has 8 aliphatic rings. The largest absolute Gasteiger partial charge is 0.465 e. The molecule has 0 spiro atoms. The van der Waals surface area contributed by atoms with Crippen molar-refractivity contribution in [1.29, 1.82) is 10.5 Å². The highest BCUT2D eigenvalue weighted by Crippen LogP contribution is 2.54. The Labute approximate surface area is 294 Å². The highest BCUT2D eigenvalue weighted by molar-refractivity contribution is 5.81. The lowest BCUT2D eigenvalue weighted by Crippen LogP contribution is -2.59. The number of hydrogen-bond acceptors (Lipinski definition) is 10. The van der Waals surface area contributed by atoms with Crippen LogP contribution in [0, 0.1) is 33.5 Å². The minimum absolute atomic E-state index is 0.0913. The van der Waals surface area contributed by atoms with Crippen LogP contribution >= 0.6 is 0 Å². The van der Waals surface area contributed by atoms with Crippen molar-refractivity contribution in [2.75, 3.05) is 39.4 Å². The summed E-state index contributed by atoms with van der Waals surface area (Å²) in [5.74, 6) is -7.39. The summed E-state index contributed by atoms with van der Waals surface area (Å²) in [6.07, 6.45) is 5.75. The van der Waals surface area contributed by atoms with Crippen molar-refractivity contribution in [3.63, 3.8) is 0 Å². The number of nitrogens with one attached hydrogen (secondary N) is 2. The third-order valence-corrected chi connectivity index (χ3v) is 12.6. The predicted octanol–water partition coefficient (Wildman–Crippen LogP) is 3.35. The average Bonchev–Trinajstić information content (AvgIpc) is 3.56. The number of fused-ring (bicyclic) bond motifs is 6. The summed E-state index contributed by atoms with van der Waals surface area (Å²) in [6.45, 7) is -1.60. The second kappa shape index (κ2) is 13.8. The predicted molar refractivity (Wildman–Crippen MR) is 170 cm³/mol. The average molecular weight is 723 g/mol. The first-order valence-corrected chi connectivity index (χ1v) is 18.0. The quantitative estimate of drug-likeness (QED) is 0.174. The number of nitriles is 2. The maximum absolute atomic E-state index is 13.8. The Bertz CT molecular complexity index is 1340. The van der Waals surface area contributed by atoms with E-state index in [1.165, 1.54) is 9.80 Å². The van der Waals surface area contributed by atoms with Gasteiger partial charge < -0.3 is 20.1 Å². The molecule has 8 rings (SSSR count). The van der Waals surface area contributed by atoms with Crippen molar-refractivity contribution in [1.82, 2.24) is 20.4 Å². The molecule has 2 atom stereocenters. The van der Waals surface area contributed by atoms with Gasteiger partial charge in [0.2, 0.25) is 11.8 Å². The number of esters is 2. The first kappa shape index (κ1) is 37.3. The summed E-state index contributed by atoms with van der Waals surface area (Å²) < 4.78 is 66.4. The summed E-state index contributed by atoms with van der Waals surface area (Å²) in [6, 6.07) is 1.70. The minimum Gasteiger partial charge on any atom is -0.465 e. The molecule has 6 aliphatic carbocycles. The van der Waals surface area contributed by atoms with Crippen LogP contribution < -0.4 is 10.6 Å². The molecule has 51 heavy (non-hydrogen) atoms. The van der Waals surface area contributed by atoms with Gasteiger partial charge in [-0.15, -0.1) is 0 Å². The van der Waals surface area contributed by atoms with Crippen molar-refractivity contribution in [2.45, 2.75) is 131 Å². The van der Waals surface area contributed by atoms with Crippen LogP contribution in [0.4, 0.5) is 17.6 Å². The van der Waals surface area contributed by atoms with E-state index >= 15 is 0 Å². The number of carbonyl (C=O) groups excluding carboxylic acids is 4. The van der Waals surface area contributed by atoms with E-state index < -0.39 is 83.6 Å². The third-order valence-electron chi connectivity index (χ3n) is 12.6. The standard InChI is InChI=1S/C35H46F4N6O6/c36-34(37)16-24(18-40)44(22-34)20-26(46)42-32-8-2-30(3-9-32,4-10-32)28(48)50-14-1-15-51-29(49)31-5-11-33(12-6-31,13-7-31)43-27(47)21-45-23-35(38,39)17-25(45)19-41/h24-25H,1-17,20-23H2,(H,42,46)(H,43,47)/t24-,25-,30?,31?,32?,33?/m0/s1. The molecule has 2 amide bonds. The Morgan fingerprint density at radius 3 is 1.25 bits per heavy atom. The van der Waals surface area contributed by atoms with Gasteiger partial charge in [0.1, 0.15) is 12.1 Å². The number of hydrogen-bond donors (Lipinski definition) is 2. The third kappa shape index (κ3) is 7.82. The van der Waals surface area contributed by atoms with Crippen LogP contribution in [-0.2, 0) is 28.7 Å². The summed E-state index contributed by atoms with van der Waals surface area (Å²) in [5.41, 5.74) is -2.30.